The molecule has 3 nitrogen and oxygen atoms in total. The van der Waals surface area contributed by atoms with Crippen LogP contribution in [-0.4, -0.2) is 16.7 Å². The van der Waals surface area contributed by atoms with Crippen LogP contribution in [-0.2, 0) is 9.59 Å². The Labute approximate surface area is 46.6 Å². The van der Waals surface area contributed by atoms with Gasteiger partial charge in [-0.05, 0) is 0 Å². The molecule has 0 spiro atoms. The van der Waals surface area contributed by atoms with Crippen LogP contribution < -0.4 is 0 Å². The van der Waals surface area contributed by atoms with Crippen LogP contribution in [0.1, 0.15) is 0 Å². The number of carbonyl (C=O) groups excluding carboxylic acids is 2. The van der Waals surface area contributed by atoms with E-state index in [0.29, 0.717) is 0 Å². The fraction of sp³-hybridized carbons (Fsp3) is 0. The molecule has 42 valence electrons. The molecule has 0 aliphatic carbocycles. The maximum Gasteiger partial charge on any atom is 0.223 e. The van der Waals surface area contributed by atoms with Crippen LogP contribution in [0.5, 0.6) is 0 Å². The molecule has 0 unspecified atom stereocenters. The molecule has 8 heavy (non-hydrogen) atoms. The molecule has 0 fully saturated rings. The maximum absolute atomic E-state index is 10.3. The van der Waals surface area contributed by atoms with Gasteiger partial charge in [-0.15, -0.1) is 0 Å². The molecule has 0 aromatic heterocycles. The summed E-state index contributed by atoms with van der Waals surface area (Å²) < 4.78 is 0. The van der Waals surface area contributed by atoms with Gasteiger partial charge in [0.1, 0.15) is 0 Å². The second-order valence-corrected chi connectivity index (χ2v) is 1.44. The summed E-state index contributed by atoms with van der Waals surface area (Å²) in [5, 5.41) is 0. The normalized spacial score (nSPS) is 18.4. The highest BCUT2D eigenvalue weighted by molar-refractivity contribution is 6.13. The molecule has 1 aliphatic heterocycles. The van der Waals surface area contributed by atoms with Gasteiger partial charge >= 0.3 is 0 Å². The average molecular weight is 110 g/mol. The van der Waals surface area contributed by atoms with Gasteiger partial charge in [0.25, 0.3) is 0 Å². The standard InChI is InChI=1S/C5H4NO2/c1-6-4(7)2-3-5(6)8/h2-3H,1H2/q-1. The molecule has 0 N–H and O–H groups in total. The van der Waals surface area contributed by atoms with Crippen molar-refractivity contribution in [3.8, 4) is 0 Å². The van der Waals surface area contributed by atoms with E-state index in [2.05, 4.69) is 7.05 Å². The van der Waals surface area contributed by atoms with Crippen LogP contribution in [0, 0.1) is 7.05 Å². The first-order valence-corrected chi connectivity index (χ1v) is 2.08. The Balaban J connectivity index is 2.84. The van der Waals surface area contributed by atoms with Crippen molar-refractivity contribution in [3.63, 3.8) is 0 Å². The minimum Gasteiger partial charge on any atom is -0.431 e. The van der Waals surface area contributed by atoms with Gasteiger partial charge in [0, 0.05) is 12.2 Å². The van der Waals surface area contributed by atoms with E-state index in [-0.39, 0.29) is 11.8 Å². The molecule has 1 heterocycles. The molecule has 0 radical (unpaired) electrons. The molecule has 0 saturated carbocycles. The minimum atomic E-state index is -0.352. The number of carbonyl (C=O) groups is 2. The highest BCUT2D eigenvalue weighted by atomic mass is 16.2. The maximum atomic E-state index is 10.3. The summed E-state index contributed by atoms with van der Waals surface area (Å²) in [6, 6.07) is 0. The molecule has 2 amide bonds. The third-order valence-corrected chi connectivity index (χ3v) is 0.901. The number of hydrogen-bond acceptors (Lipinski definition) is 2. The van der Waals surface area contributed by atoms with Crippen LogP contribution >= 0.6 is 0 Å². The number of imide groups is 1. The van der Waals surface area contributed by atoms with Crippen LogP contribution in [0.25, 0.3) is 0 Å². The highest BCUT2D eigenvalue weighted by Gasteiger charge is 2.11. The summed E-state index contributed by atoms with van der Waals surface area (Å²) in [4.78, 5) is 21.5. The predicted octanol–water partition coefficient (Wildman–Crippen LogP) is -0.297. The summed E-state index contributed by atoms with van der Waals surface area (Å²) in [5.41, 5.74) is 0. The minimum absolute atomic E-state index is 0.352. The van der Waals surface area contributed by atoms with Crippen LogP contribution in [0.2, 0.25) is 0 Å². The first-order valence-electron chi connectivity index (χ1n) is 2.08. The second kappa shape index (κ2) is 1.43. The monoisotopic (exact) mass is 110 g/mol. The van der Waals surface area contributed by atoms with Gasteiger partial charge in [-0.3, -0.25) is 9.59 Å². The van der Waals surface area contributed by atoms with Crippen molar-refractivity contribution in [3.05, 3.63) is 19.2 Å². The largest absolute Gasteiger partial charge is 0.431 e. The van der Waals surface area contributed by atoms with Crippen molar-refractivity contribution < 1.29 is 9.59 Å². The molecule has 0 bridgehead atoms. The first kappa shape index (κ1) is 5.03. The molecule has 1 aliphatic rings. The Bertz CT molecular complexity index is 153. The van der Waals surface area contributed by atoms with Crippen molar-refractivity contribution in [1.82, 2.24) is 4.90 Å². The SMILES string of the molecule is [CH2-]N1C(=O)C=CC1=O. The van der Waals surface area contributed by atoms with Crippen LogP contribution in [0.3, 0.4) is 0 Å². The van der Waals surface area contributed by atoms with Gasteiger partial charge in [0.05, 0.1) is 0 Å². The summed E-state index contributed by atoms with van der Waals surface area (Å²) in [5.74, 6) is -0.704. The highest BCUT2D eigenvalue weighted by Crippen LogP contribution is 1.98. The predicted molar refractivity (Wildman–Crippen MR) is 26.3 cm³/mol. The van der Waals surface area contributed by atoms with Crippen molar-refractivity contribution in [2.75, 3.05) is 0 Å². The Morgan fingerprint density at radius 1 is 1.25 bits per heavy atom. The number of amides is 2. The zero-order chi connectivity index (χ0) is 6.15. The Morgan fingerprint density at radius 3 is 1.75 bits per heavy atom. The van der Waals surface area contributed by atoms with Gasteiger partial charge in [-0.1, -0.05) is 0 Å². The first-order chi connectivity index (χ1) is 3.72. The van der Waals surface area contributed by atoms with Gasteiger partial charge in [-0.25, -0.2) is 7.05 Å². The van der Waals surface area contributed by atoms with E-state index in [1.165, 1.54) is 12.2 Å². The summed E-state index contributed by atoms with van der Waals surface area (Å²) in [6.45, 7) is 0. The number of rotatable bonds is 0. The quantitative estimate of drug-likeness (QED) is 0.317. The zero-order valence-corrected chi connectivity index (χ0v) is 4.13. The van der Waals surface area contributed by atoms with Gasteiger partial charge in [-0.2, -0.15) is 0 Å². The lowest BCUT2D eigenvalue weighted by molar-refractivity contribution is -0.133. The van der Waals surface area contributed by atoms with E-state index in [0.717, 1.165) is 4.90 Å². The van der Waals surface area contributed by atoms with E-state index in [1.807, 2.05) is 0 Å². The third kappa shape index (κ3) is 0.521. The Kier molecular flexibility index (Phi) is 0.901. The van der Waals surface area contributed by atoms with Gasteiger partial charge in [0.15, 0.2) is 0 Å². The fourth-order valence-corrected chi connectivity index (χ4v) is 0.431. The van der Waals surface area contributed by atoms with Crippen molar-refractivity contribution in [2.24, 2.45) is 0 Å². The Hall–Kier alpha value is -1.12. The smallest absolute Gasteiger partial charge is 0.223 e. The molecule has 3 heteroatoms. The van der Waals surface area contributed by atoms with E-state index in [1.54, 1.807) is 0 Å². The molecule has 0 aromatic rings. The van der Waals surface area contributed by atoms with Gasteiger partial charge in [0.2, 0.25) is 11.8 Å². The lowest BCUT2D eigenvalue weighted by Gasteiger charge is -2.12. The second-order valence-electron chi connectivity index (χ2n) is 1.44. The topological polar surface area (TPSA) is 37.4 Å². The van der Waals surface area contributed by atoms with E-state index < -0.39 is 0 Å². The van der Waals surface area contributed by atoms with E-state index in [9.17, 15) is 9.59 Å². The van der Waals surface area contributed by atoms with Crippen molar-refractivity contribution >= 4 is 11.8 Å². The fourth-order valence-electron chi connectivity index (χ4n) is 0.431. The number of nitrogens with zero attached hydrogens (tertiary/aromatic N) is 1. The third-order valence-electron chi connectivity index (χ3n) is 0.901. The lowest BCUT2D eigenvalue weighted by atomic mass is 10.6. The molecule has 0 aromatic carbocycles. The molecule has 0 atom stereocenters. The Morgan fingerprint density at radius 2 is 1.62 bits per heavy atom. The zero-order valence-electron chi connectivity index (χ0n) is 4.13. The average Bonchev–Trinajstić information content (AvgIpc) is 1.98. The molecular formula is C5H4NO2-. The van der Waals surface area contributed by atoms with Crippen LogP contribution in [0.15, 0.2) is 12.2 Å². The van der Waals surface area contributed by atoms with E-state index in [4.69, 9.17) is 0 Å². The lowest BCUT2D eigenvalue weighted by Crippen LogP contribution is -2.21. The van der Waals surface area contributed by atoms with Crippen molar-refractivity contribution in [2.45, 2.75) is 0 Å². The molecule has 0 saturated heterocycles. The van der Waals surface area contributed by atoms with Crippen molar-refractivity contribution in [1.29, 1.82) is 0 Å². The summed E-state index contributed by atoms with van der Waals surface area (Å²) >= 11 is 0. The molecule has 1 rings (SSSR count). The van der Waals surface area contributed by atoms with Crippen LogP contribution in [0.4, 0.5) is 0 Å². The van der Waals surface area contributed by atoms with E-state index >= 15 is 0 Å². The molecular weight excluding hydrogens is 106 g/mol. The summed E-state index contributed by atoms with van der Waals surface area (Å²) in [6.07, 6.45) is 2.38. The van der Waals surface area contributed by atoms with Gasteiger partial charge < -0.3 is 4.90 Å². The number of hydrogen-bond donors (Lipinski definition) is 0. The summed E-state index contributed by atoms with van der Waals surface area (Å²) in [7, 11) is 3.17.